The third kappa shape index (κ3) is 28.3. The fraction of sp³-hybridized carbons (Fsp3) is 0.569. The number of nitrogens with one attached hydrogen (secondary N) is 12. The normalized spacial score (nSPS) is 14.5. The third-order valence-corrected chi connectivity index (χ3v) is 14.6. The van der Waals surface area contributed by atoms with Gasteiger partial charge in [-0.05, 0) is 76.8 Å². The molecule has 95 heavy (non-hydrogen) atoms. The summed E-state index contributed by atoms with van der Waals surface area (Å²) in [5, 5.41) is 65.8. The lowest BCUT2D eigenvalue weighted by Gasteiger charge is -2.29. The SMILES string of the molecule is CCCC[C@H](NC(=O)[C@H](C)NC(=O)[C@H](CCC(=O)O)NC(=O)[C@H](Cc1ccc([N+](=O)[O-])cc1)NC(=O)[C@@H](NC(=O)[C@H](CCCN=C(N)N)NC(=O)[C@H](C)NC(=O)[C@H](CCCCN)NC(=O)[C@@H](N)Cc1cnc[nH]1)C(C)C)C(=O)N[C@@H](CO)C(=O)N[C@@H](Cc1cnc[nH]1)C(=O)O. The molecule has 37 nitrogen and oxygen atoms in total. The van der Waals surface area contributed by atoms with Crippen molar-refractivity contribution in [1.29, 1.82) is 0 Å². The molecule has 0 saturated heterocycles. The van der Waals surface area contributed by atoms with E-state index >= 15 is 0 Å². The molecule has 0 spiro atoms. The highest BCUT2D eigenvalue weighted by atomic mass is 16.6. The van der Waals surface area contributed by atoms with Crippen LogP contribution in [0.3, 0.4) is 0 Å². The number of nitro benzene ring substituents is 1. The first-order chi connectivity index (χ1) is 45.0. The zero-order valence-corrected chi connectivity index (χ0v) is 53.5. The molecule has 0 aliphatic carbocycles. The second-order valence-electron chi connectivity index (χ2n) is 22.7. The van der Waals surface area contributed by atoms with E-state index in [4.69, 9.17) is 22.9 Å². The summed E-state index contributed by atoms with van der Waals surface area (Å²) >= 11 is 0. The number of aromatic amines is 2. The number of unbranched alkanes of at least 4 members (excludes halogenated alkanes) is 2. The van der Waals surface area contributed by atoms with E-state index in [-0.39, 0.29) is 62.3 Å². The van der Waals surface area contributed by atoms with E-state index in [0.29, 0.717) is 43.6 Å². The lowest BCUT2D eigenvalue weighted by atomic mass is 9.99. The van der Waals surface area contributed by atoms with Gasteiger partial charge in [0.2, 0.25) is 59.1 Å². The van der Waals surface area contributed by atoms with E-state index in [1.165, 1.54) is 64.9 Å². The molecule has 23 N–H and O–H groups in total. The van der Waals surface area contributed by atoms with Gasteiger partial charge < -0.3 is 101 Å². The number of nitrogens with two attached hydrogens (primary N) is 4. The van der Waals surface area contributed by atoms with E-state index in [0.717, 1.165) is 12.1 Å². The minimum absolute atomic E-state index is 0.0191. The first-order valence-corrected chi connectivity index (χ1v) is 30.8. The second kappa shape index (κ2) is 40.7. The van der Waals surface area contributed by atoms with Crippen LogP contribution in [-0.4, -0.2) is 203 Å². The van der Waals surface area contributed by atoms with Crippen LogP contribution >= 0.6 is 0 Å². The van der Waals surface area contributed by atoms with Gasteiger partial charge in [0.05, 0.1) is 30.2 Å². The molecule has 0 saturated carbocycles. The van der Waals surface area contributed by atoms with Crippen molar-refractivity contribution in [3.63, 3.8) is 0 Å². The van der Waals surface area contributed by atoms with E-state index in [2.05, 4.69) is 78.1 Å². The summed E-state index contributed by atoms with van der Waals surface area (Å²) in [6.45, 7) is 6.64. The molecular formula is C58H90N20O17. The van der Waals surface area contributed by atoms with Crippen LogP contribution in [-0.2, 0) is 76.8 Å². The monoisotopic (exact) mass is 1340 g/mol. The number of carboxylic acids is 2. The van der Waals surface area contributed by atoms with Crippen LogP contribution in [0.15, 0.2) is 54.3 Å². The number of non-ortho nitro benzene ring substituents is 1. The maximum atomic E-state index is 14.5. The zero-order chi connectivity index (χ0) is 70.9. The van der Waals surface area contributed by atoms with Crippen molar-refractivity contribution in [1.82, 2.24) is 73.1 Å². The summed E-state index contributed by atoms with van der Waals surface area (Å²) in [6, 6.07) is -11.3. The quantitative estimate of drug-likeness (QED) is 0.00831. The largest absolute Gasteiger partial charge is 0.481 e. The second-order valence-corrected chi connectivity index (χ2v) is 22.7. The van der Waals surface area contributed by atoms with Crippen LogP contribution in [0.2, 0.25) is 0 Å². The highest BCUT2D eigenvalue weighted by Crippen LogP contribution is 2.16. The van der Waals surface area contributed by atoms with E-state index < -0.39 is 174 Å². The number of amides is 10. The van der Waals surface area contributed by atoms with Gasteiger partial charge >= 0.3 is 11.9 Å². The van der Waals surface area contributed by atoms with E-state index in [1.807, 2.05) is 0 Å². The summed E-state index contributed by atoms with van der Waals surface area (Å²) in [5.74, 6) is -13.4. The Morgan fingerprint density at radius 2 is 1.01 bits per heavy atom. The Labute approximate surface area is 546 Å². The van der Waals surface area contributed by atoms with Crippen molar-refractivity contribution in [2.45, 2.75) is 185 Å². The number of aromatic nitrogens is 4. The molecule has 0 aliphatic heterocycles. The van der Waals surface area contributed by atoms with Crippen molar-refractivity contribution >= 4 is 82.7 Å². The molecule has 0 aliphatic rings. The smallest absolute Gasteiger partial charge is 0.326 e. The van der Waals surface area contributed by atoms with Crippen molar-refractivity contribution in [3.05, 3.63) is 76.4 Å². The molecular weight excluding hydrogens is 1250 g/mol. The lowest BCUT2D eigenvalue weighted by molar-refractivity contribution is -0.384. The number of H-pyrrole nitrogens is 2. The number of carboxylic acid groups (broad SMARTS) is 2. The lowest BCUT2D eigenvalue weighted by Crippen LogP contribution is -2.61. The number of aliphatic imine (C=N–C) groups is 1. The molecule has 2 aromatic heterocycles. The van der Waals surface area contributed by atoms with E-state index in [1.54, 1.807) is 6.92 Å². The van der Waals surface area contributed by atoms with Crippen LogP contribution in [0, 0.1) is 16.0 Å². The van der Waals surface area contributed by atoms with Crippen LogP contribution in [0.5, 0.6) is 0 Å². The number of nitrogens with zero attached hydrogens (tertiary/aromatic N) is 4. The molecule has 524 valence electrons. The minimum Gasteiger partial charge on any atom is -0.481 e. The molecule has 0 fully saturated rings. The van der Waals surface area contributed by atoms with E-state index in [9.17, 15) is 83.0 Å². The van der Waals surface area contributed by atoms with Crippen LogP contribution < -0.4 is 76.1 Å². The van der Waals surface area contributed by atoms with Crippen molar-refractivity contribution in [2.24, 2.45) is 33.8 Å². The fourth-order valence-electron chi connectivity index (χ4n) is 9.18. The summed E-state index contributed by atoms with van der Waals surface area (Å²) in [4.78, 5) is 191. The van der Waals surface area contributed by atoms with Gasteiger partial charge in [-0.3, -0.25) is 67.8 Å². The first-order valence-electron chi connectivity index (χ1n) is 30.8. The molecule has 0 unspecified atom stereocenters. The van der Waals surface area contributed by atoms with Gasteiger partial charge in [-0.2, -0.15) is 0 Å². The van der Waals surface area contributed by atoms with Crippen molar-refractivity contribution in [2.75, 3.05) is 19.7 Å². The molecule has 0 radical (unpaired) electrons. The van der Waals surface area contributed by atoms with Crippen LogP contribution in [0.25, 0.3) is 0 Å². The number of benzene rings is 1. The Kier molecular flexibility index (Phi) is 33.9. The number of aliphatic hydroxyl groups is 1. The van der Waals surface area contributed by atoms with Gasteiger partial charge in [0.15, 0.2) is 5.96 Å². The Bertz CT molecular complexity index is 3070. The number of rotatable bonds is 44. The summed E-state index contributed by atoms with van der Waals surface area (Å²) in [6.07, 6.45) is 5.37. The standard InChI is InChI=1S/C58H90N20O17/c1-6-7-11-38(52(87)76-44(27-79)55(90)75-43(57(92)93)24-35-26-64-29-67-35)70-47(82)32(5)69-51(86)41(18-19-45(80)81)73-54(89)42(22-33-14-16-36(17-15-33)78(94)95)74-56(91)46(30(2)3)77-53(88)40(13-10-21-65-58(61)62)71-48(83)31(4)68-50(85)39(12-8-9-20-59)72-49(84)37(60)23-34-25-63-28-66-34/h14-17,25-26,28-32,37-44,46,79H,6-13,18-24,27,59-60H2,1-5H3,(H,63,66)(H,64,67)(H,68,85)(H,69,86)(H,70,82)(H,71,83)(H,72,84)(H,73,89)(H,74,91)(H,75,90)(H,76,87)(H,77,88)(H,80,81)(H,92,93)(H4,61,62,65)/t31-,32-,37-,38-,39-,40-,41-,42-,43-,44-,46-/m0/s1. The highest BCUT2D eigenvalue weighted by molar-refractivity contribution is 5.99. The fourth-order valence-corrected chi connectivity index (χ4v) is 9.18. The summed E-state index contributed by atoms with van der Waals surface area (Å²) < 4.78 is 0. The number of carbonyl (C=O) groups is 12. The number of nitro groups is 1. The van der Waals surface area contributed by atoms with Gasteiger partial charge in [-0.15, -0.1) is 0 Å². The molecule has 3 rings (SSSR count). The number of hydrogen-bond donors (Lipinski definition) is 19. The maximum Gasteiger partial charge on any atom is 0.326 e. The number of aliphatic carboxylic acids is 2. The molecule has 2 heterocycles. The van der Waals surface area contributed by atoms with Crippen molar-refractivity contribution < 1.29 is 77.8 Å². The molecule has 11 atom stereocenters. The van der Waals surface area contributed by atoms with Gasteiger partial charge in [0.1, 0.15) is 60.4 Å². The number of imidazole rings is 2. The van der Waals surface area contributed by atoms with Gasteiger partial charge in [0, 0.05) is 68.1 Å². The number of hydrogen-bond acceptors (Lipinski definition) is 20. The summed E-state index contributed by atoms with van der Waals surface area (Å²) in [5.41, 5.74) is 23.6. The Balaban J connectivity index is 1.88. The number of carbonyl (C=O) groups excluding carboxylic acids is 10. The van der Waals surface area contributed by atoms with Crippen LogP contribution in [0.1, 0.15) is 116 Å². The van der Waals surface area contributed by atoms with Gasteiger partial charge in [0.25, 0.3) is 5.69 Å². The maximum absolute atomic E-state index is 14.5. The minimum atomic E-state index is -1.76. The third-order valence-electron chi connectivity index (χ3n) is 14.6. The predicted octanol–water partition coefficient (Wildman–Crippen LogP) is -4.75. The molecule has 10 amide bonds. The van der Waals surface area contributed by atoms with Gasteiger partial charge in [-0.25, -0.2) is 14.8 Å². The van der Waals surface area contributed by atoms with Gasteiger partial charge in [-0.1, -0.05) is 45.7 Å². The number of aliphatic hydroxyl groups excluding tert-OH is 1. The molecule has 3 aromatic rings. The average molecular weight is 1340 g/mol. The highest BCUT2D eigenvalue weighted by Gasteiger charge is 2.36. The zero-order valence-electron chi connectivity index (χ0n) is 53.5. The molecule has 0 bridgehead atoms. The Hall–Kier alpha value is -10.2. The Morgan fingerprint density at radius 3 is 1.49 bits per heavy atom. The average Bonchev–Trinajstić information content (AvgIpc) is 1.45. The Morgan fingerprint density at radius 1 is 0.558 bits per heavy atom. The topological polar surface area (TPSA) is 603 Å². The van der Waals surface area contributed by atoms with Crippen molar-refractivity contribution in [3.8, 4) is 0 Å². The first kappa shape index (κ1) is 79.1. The predicted molar refractivity (Wildman–Crippen MR) is 339 cm³/mol. The number of guanidine groups is 1. The molecule has 1 aromatic carbocycles. The van der Waals surface area contributed by atoms with Crippen LogP contribution in [0.4, 0.5) is 5.69 Å². The summed E-state index contributed by atoms with van der Waals surface area (Å²) in [7, 11) is 0. The molecule has 37 heteroatoms.